The van der Waals surface area contributed by atoms with Gasteiger partial charge in [0.25, 0.3) is 0 Å². The molecule has 1 aliphatic heterocycles. The predicted molar refractivity (Wildman–Crippen MR) is 128 cm³/mol. The lowest BCUT2D eigenvalue weighted by atomic mass is 10.1. The quantitative estimate of drug-likeness (QED) is 0.237. The smallest absolute Gasteiger partial charge is 0.416 e. The van der Waals surface area contributed by atoms with Gasteiger partial charge in [0.1, 0.15) is 5.82 Å². The van der Waals surface area contributed by atoms with Crippen molar-refractivity contribution < 1.29 is 17.6 Å². The third-order valence-electron chi connectivity index (χ3n) is 5.80. The molecule has 1 aliphatic rings. The van der Waals surface area contributed by atoms with Crippen molar-refractivity contribution in [3.8, 4) is 11.5 Å². The number of nitrogens with zero attached hydrogens (tertiary/aromatic N) is 5. The van der Waals surface area contributed by atoms with Crippen LogP contribution in [0.4, 0.5) is 19.0 Å². The van der Waals surface area contributed by atoms with Crippen molar-refractivity contribution in [2.24, 2.45) is 0 Å². The SMILES string of the molecule is FC(F)(F)c1ccc(SCCCN2CCN(c3nsc4ccccc34)CC2)c(-c2nnco2)c1. The van der Waals surface area contributed by atoms with E-state index in [2.05, 4.69) is 42.6 Å². The van der Waals surface area contributed by atoms with E-state index in [4.69, 9.17) is 4.42 Å². The predicted octanol–water partition coefficient (Wildman–Crippen LogP) is 5.67. The van der Waals surface area contributed by atoms with Crippen LogP contribution in [0.3, 0.4) is 0 Å². The van der Waals surface area contributed by atoms with E-state index in [1.807, 2.05) is 6.07 Å². The highest BCUT2D eigenvalue weighted by Gasteiger charge is 2.31. The highest BCUT2D eigenvalue weighted by atomic mass is 32.2. The Bertz CT molecular complexity index is 1240. The number of aromatic nitrogens is 3. The van der Waals surface area contributed by atoms with Crippen LogP contribution in [0.15, 0.2) is 58.2 Å². The van der Waals surface area contributed by atoms with Crippen LogP contribution < -0.4 is 4.90 Å². The zero-order valence-corrected chi connectivity index (χ0v) is 19.8. The van der Waals surface area contributed by atoms with Crippen molar-refractivity contribution in [2.45, 2.75) is 17.5 Å². The molecule has 0 unspecified atom stereocenters. The summed E-state index contributed by atoms with van der Waals surface area (Å²) in [5.41, 5.74) is -0.405. The summed E-state index contributed by atoms with van der Waals surface area (Å²) in [5.74, 6) is 1.95. The second-order valence-corrected chi connectivity index (χ2v) is 9.93. The number of benzene rings is 2. The van der Waals surface area contributed by atoms with Crippen molar-refractivity contribution in [1.29, 1.82) is 0 Å². The maximum Gasteiger partial charge on any atom is 0.416 e. The normalized spacial score (nSPS) is 15.3. The average molecular weight is 506 g/mol. The monoisotopic (exact) mass is 505 g/mol. The maximum atomic E-state index is 13.2. The molecule has 2 aromatic carbocycles. The molecule has 6 nitrogen and oxygen atoms in total. The minimum absolute atomic E-state index is 0.0966. The first kappa shape index (κ1) is 23.1. The molecule has 2 aromatic heterocycles. The number of thioether (sulfide) groups is 1. The summed E-state index contributed by atoms with van der Waals surface area (Å²) in [6.07, 6.45) is -2.38. The van der Waals surface area contributed by atoms with Gasteiger partial charge in [0.2, 0.25) is 12.3 Å². The maximum absolute atomic E-state index is 13.2. The van der Waals surface area contributed by atoms with Crippen molar-refractivity contribution in [2.75, 3.05) is 43.4 Å². The van der Waals surface area contributed by atoms with E-state index in [0.717, 1.165) is 69.2 Å². The number of fused-ring (bicyclic) bond motifs is 1. The van der Waals surface area contributed by atoms with Gasteiger partial charge in [0.15, 0.2) is 0 Å². The Morgan fingerprint density at radius 3 is 2.65 bits per heavy atom. The van der Waals surface area contributed by atoms with Gasteiger partial charge in [0.05, 0.1) is 15.8 Å². The van der Waals surface area contributed by atoms with E-state index in [1.54, 1.807) is 0 Å². The molecule has 0 spiro atoms. The second kappa shape index (κ2) is 9.93. The van der Waals surface area contributed by atoms with E-state index >= 15 is 0 Å². The van der Waals surface area contributed by atoms with Crippen molar-refractivity contribution in [3.63, 3.8) is 0 Å². The van der Waals surface area contributed by atoms with Crippen LogP contribution >= 0.6 is 23.3 Å². The molecule has 4 aromatic rings. The summed E-state index contributed by atoms with van der Waals surface area (Å²) in [4.78, 5) is 5.48. The molecule has 0 atom stereocenters. The minimum atomic E-state index is -4.43. The van der Waals surface area contributed by atoms with Crippen molar-refractivity contribution in [1.82, 2.24) is 19.5 Å². The van der Waals surface area contributed by atoms with E-state index in [9.17, 15) is 13.2 Å². The van der Waals surface area contributed by atoms with Gasteiger partial charge in [-0.05, 0) is 60.6 Å². The molecule has 34 heavy (non-hydrogen) atoms. The lowest BCUT2D eigenvalue weighted by molar-refractivity contribution is -0.137. The molecular formula is C23H22F3N5OS2. The van der Waals surface area contributed by atoms with Gasteiger partial charge in [0, 0.05) is 36.5 Å². The second-order valence-electron chi connectivity index (χ2n) is 7.99. The summed E-state index contributed by atoms with van der Waals surface area (Å²) in [6.45, 7) is 4.73. The van der Waals surface area contributed by atoms with Crippen LogP contribution in [0, 0.1) is 0 Å². The van der Waals surface area contributed by atoms with Crippen LogP contribution in [0.1, 0.15) is 12.0 Å². The zero-order chi connectivity index (χ0) is 23.5. The molecular weight excluding hydrogens is 483 g/mol. The number of hydrogen-bond donors (Lipinski definition) is 0. The third kappa shape index (κ3) is 5.06. The number of alkyl halides is 3. The number of halogens is 3. The molecule has 3 heterocycles. The highest BCUT2D eigenvalue weighted by Crippen LogP contribution is 2.37. The molecule has 0 radical (unpaired) electrons. The number of piperazine rings is 1. The molecule has 0 saturated carbocycles. The van der Waals surface area contributed by atoms with Crippen molar-refractivity contribution >= 4 is 39.2 Å². The average Bonchev–Trinajstić information content (AvgIpc) is 3.52. The molecule has 0 bridgehead atoms. The fraction of sp³-hybridized carbons (Fsp3) is 0.348. The van der Waals surface area contributed by atoms with Crippen LogP contribution in [-0.2, 0) is 6.18 Å². The molecule has 0 aliphatic carbocycles. The van der Waals surface area contributed by atoms with Gasteiger partial charge in [-0.2, -0.15) is 17.5 Å². The Labute approximate surface area is 202 Å². The molecule has 0 amide bonds. The molecule has 1 fully saturated rings. The fourth-order valence-corrected chi connectivity index (χ4v) is 5.80. The molecule has 5 rings (SSSR count). The number of rotatable bonds is 7. The number of hydrogen-bond acceptors (Lipinski definition) is 8. The summed E-state index contributed by atoms with van der Waals surface area (Å²) in [6, 6.07) is 12.0. The third-order valence-corrected chi connectivity index (χ3v) is 7.78. The molecule has 11 heteroatoms. The van der Waals surface area contributed by atoms with Gasteiger partial charge >= 0.3 is 6.18 Å². The van der Waals surface area contributed by atoms with Crippen LogP contribution in [-0.4, -0.2) is 57.9 Å². The minimum Gasteiger partial charge on any atom is -0.423 e. The van der Waals surface area contributed by atoms with Gasteiger partial charge in [-0.25, -0.2) is 0 Å². The van der Waals surface area contributed by atoms with E-state index in [0.29, 0.717) is 10.5 Å². The topological polar surface area (TPSA) is 58.3 Å². The zero-order valence-electron chi connectivity index (χ0n) is 18.2. The largest absolute Gasteiger partial charge is 0.423 e. The lowest BCUT2D eigenvalue weighted by Crippen LogP contribution is -2.46. The van der Waals surface area contributed by atoms with E-state index in [1.165, 1.54) is 39.4 Å². The fourth-order valence-electron chi connectivity index (χ4n) is 4.04. The molecule has 1 saturated heterocycles. The molecule has 0 N–H and O–H groups in total. The van der Waals surface area contributed by atoms with Gasteiger partial charge in [-0.15, -0.1) is 22.0 Å². The standard InChI is InChI=1S/C23H22F3N5OS2/c24-23(25,26)16-6-7-19(18(14-16)22-28-27-15-32-22)33-13-3-8-30-9-11-31(12-10-30)21-17-4-1-2-5-20(17)34-29-21/h1-2,4-7,14-15H,3,8-13H2. The summed E-state index contributed by atoms with van der Waals surface area (Å²) >= 11 is 3.05. The van der Waals surface area contributed by atoms with Crippen LogP contribution in [0.5, 0.6) is 0 Å². The Hall–Kier alpha value is -2.63. The highest BCUT2D eigenvalue weighted by molar-refractivity contribution is 7.99. The van der Waals surface area contributed by atoms with Gasteiger partial charge in [-0.1, -0.05) is 12.1 Å². The molecule has 178 valence electrons. The first-order valence-corrected chi connectivity index (χ1v) is 12.7. The van der Waals surface area contributed by atoms with Crippen molar-refractivity contribution in [3.05, 3.63) is 54.4 Å². The Morgan fingerprint density at radius 2 is 1.88 bits per heavy atom. The Morgan fingerprint density at radius 1 is 1.06 bits per heavy atom. The van der Waals surface area contributed by atoms with E-state index < -0.39 is 11.7 Å². The van der Waals surface area contributed by atoms with Crippen LogP contribution in [0.2, 0.25) is 0 Å². The lowest BCUT2D eigenvalue weighted by Gasteiger charge is -2.35. The summed E-state index contributed by atoms with van der Waals surface area (Å²) in [7, 11) is 0. The van der Waals surface area contributed by atoms with Crippen LogP contribution in [0.25, 0.3) is 21.5 Å². The Kier molecular flexibility index (Phi) is 6.75. The Balaban J connectivity index is 1.14. The summed E-state index contributed by atoms with van der Waals surface area (Å²) in [5, 5.41) is 8.63. The van der Waals surface area contributed by atoms with Gasteiger partial charge < -0.3 is 9.32 Å². The first-order chi connectivity index (χ1) is 16.5. The number of anilines is 1. The van der Waals surface area contributed by atoms with E-state index in [-0.39, 0.29) is 5.89 Å². The first-order valence-electron chi connectivity index (χ1n) is 10.9. The van der Waals surface area contributed by atoms with Gasteiger partial charge in [-0.3, -0.25) is 4.90 Å². The summed E-state index contributed by atoms with van der Waals surface area (Å²) < 4.78 is 50.5.